The zero-order valence-corrected chi connectivity index (χ0v) is 13.6. The van der Waals surface area contributed by atoms with Crippen molar-refractivity contribution in [2.45, 2.75) is 44.0 Å². The van der Waals surface area contributed by atoms with Crippen LogP contribution in [0.15, 0.2) is 39.8 Å². The Morgan fingerprint density at radius 1 is 1.32 bits per heavy atom. The topological polar surface area (TPSA) is 63.4 Å². The van der Waals surface area contributed by atoms with Crippen molar-refractivity contribution in [2.24, 2.45) is 0 Å². The van der Waals surface area contributed by atoms with Crippen LogP contribution in [0, 0.1) is 6.92 Å². The second kappa shape index (κ2) is 5.85. The maximum Gasteiger partial charge on any atom is 0.243 e. The zero-order chi connectivity index (χ0) is 15.7. The first-order valence-electron chi connectivity index (χ1n) is 7.56. The second-order valence-corrected chi connectivity index (χ2v) is 7.52. The first kappa shape index (κ1) is 15.2. The first-order chi connectivity index (χ1) is 10.5. The van der Waals surface area contributed by atoms with Gasteiger partial charge in [0.1, 0.15) is 11.5 Å². The standard InChI is InChI=1S/C16H20N2O3S/c1-3-13-6-8-14(9-7-13)22(19,20)18-10-4-5-16(18)15-11-12(2)21-17-15/h6-9,11,16H,3-5,10H2,1-2H3/t16-/m0/s1. The smallest absolute Gasteiger partial charge is 0.243 e. The lowest BCUT2D eigenvalue weighted by molar-refractivity contribution is 0.349. The number of nitrogens with zero attached hydrogens (tertiary/aromatic N) is 2. The van der Waals surface area contributed by atoms with Gasteiger partial charge in [-0.05, 0) is 43.9 Å². The summed E-state index contributed by atoms with van der Waals surface area (Å²) in [6.07, 6.45) is 2.51. The van der Waals surface area contributed by atoms with E-state index in [1.165, 1.54) is 0 Å². The highest BCUT2D eigenvalue weighted by Crippen LogP contribution is 2.36. The highest BCUT2D eigenvalue weighted by molar-refractivity contribution is 7.89. The van der Waals surface area contributed by atoms with E-state index < -0.39 is 10.0 Å². The summed E-state index contributed by atoms with van der Waals surface area (Å²) >= 11 is 0. The summed E-state index contributed by atoms with van der Waals surface area (Å²) in [4.78, 5) is 0.344. The molecular weight excluding hydrogens is 300 g/mol. The molecule has 0 saturated carbocycles. The quantitative estimate of drug-likeness (QED) is 0.868. The van der Waals surface area contributed by atoms with Crippen LogP contribution in [0.3, 0.4) is 0 Å². The van der Waals surface area contributed by atoms with E-state index in [-0.39, 0.29) is 6.04 Å². The van der Waals surface area contributed by atoms with Gasteiger partial charge in [0.15, 0.2) is 0 Å². The van der Waals surface area contributed by atoms with Crippen LogP contribution in [0.25, 0.3) is 0 Å². The molecule has 0 N–H and O–H groups in total. The van der Waals surface area contributed by atoms with Crippen molar-refractivity contribution in [3.05, 3.63) is 47.3 Å². The van der Waals surface area contributed by atoms with E-state index in [1.807, 2.05) is 32.0 Å². The summed E-state index contributed by atoms with van der Waals surface area (Å²) in [6.45, 7) is 4.38. The molecule has 1 aliphatic heterocycles. The van der Waals surface area contributed by atoms with Gasteiger partial charge in [0.05, 0.1) is 10.9 Å². The molecule has 1 aliphatic rings. The van der Waals surface area contributed by atoms with Gasteiger partial charge in [-0.25, -0.2) is 8.42 Å². The Balaban J connectivity index is 1.93. The number of rotatable bonds is 4. The van der Waals surface area contributed by atoms with Crippen molar-refractivity contribution in [3.8, 4) is 0 Å². The van der Waals surface area contributed by atoms with E-state index in [2.05, 4.69) is 5.16 Å². The Labute approximate surface area is 131 Å². The fraction of sp³-hybridized carbons (Fsp3) is 0.438. The first-order valence-corrected chi connectivity index (χ1v) is 9.00. The molecule has 1 atom stereocenters. The minimum absolute atomic E-state index is 0.228. The van der Waals surface area contributed by atoms with E-state index in [1.54, 1.807) is 16.4 Å². The molecule has 3 rings (SSSR count). The summed E-state index contributed by atoms with van der Waals surface area (Å²) < 4.78 is 32.4. The Morgan fingerprint density at radius 3 is 2.64 bits per heavy atom. The molecule has 2 heterocycles. The predicted molar refractivity (Wildman–Crippen MR) is 82.9 cm³/mol. The molecule has 0 amide bonds. The molecule has 6 heteroatoms. The van der Waals surface area contributed by atoms with E-state index in [0.29, 0.717) is 22.9 Å². The van der Waals surface area contributed by atoms with Gasteiger partial charge in [-0.15, -0.1) is 0 Å². The maximum absolute atomic E-state index is 12.9. The zero-order valence-electron chi connectivity index (χ0n) is 12.8. The summed E-state index contributed by atoms with van der Waals surface area (Å²) in [5.41, 5.74) is 1.83. The number of sulfonamides is 1. The fourth-order valence-corrected chi connectivity index (χ4v) is 4.57. The lowest BCUT2D eigenvalue weighted by Gasteiger charge is -2.22. The van der Waals surface area contributed by atoms with Crippen LogP contribution in [-0.2, 0) is 16.4 Å². The Morgan fingerprint density at radius 2 is 2.05 bits per heavy atom. The van der Waals surface area contributed by atoms with Crippen molar-refractivity contribution in [1.29, 1.82) is 0 Å². The van der Waals surface area contributed by atoms with E-state index in [0.717, 1.165) is 24.8 Å². The molecule has 0 unspecified atom stereocenters. The van der Waals surface area contributed by atoms with Crippen molar-refractivity contribution in [3.63, 3.8) is 0 Å². The van der Waals surface area contributed by atoms with Gasteiger partial charge in [0.25, 0.3) is 0 Å². The molecule has 0 spiro atoms. The van der Waals surface area contributed by atoms with Crippen molar-refractivity contribution in [1.82, 2.24) is 9.46 Å². The molecule has 2 aromatic rings. The summed E-state index contributed by atoms with van der Waals surface area (Å²) in [7, 11) is -3.50. The highest BCUT2D eigenvalue weighted by atomic mass is 32.2. The number of aryl methyl sites for hydroxylation is 2. The Hall–Kier alpha value is -1.66. The molecule has 5 nitrogen and oxygen atoms in total. The average molecular weight is 320 g/mol. The van der Waals surface area contributed by atoms with Gasteiger partial charge < -0.3 is 4.52 Å². The van der Waals surface area contributed by atoms with Crippen LogP contribution in [0.4, 0.5) is 0 Å². The summed E-state index contributed by atoms with van der Waals surface area (Å²) in [5, 5.41) is 4.00. The Bertz CT molecular complexity index is 750. The number of hydrogen-bond donors (Lipinski definition) is 0. The third-order valence-corrected chi connectivity index (χ3v) is 6.05. The average Bonchev–Trinajstić information content (AvgIpc) is 3.16. The van der Waals surface area contributed by atoms with Crippen LogP contribution in [0.5, 0.6) is 0 Å². The fourth-order valence-electron chi connectivity index (χ4n) is 2.90. The van der Waals surface area contributed by atoms with Crippen molar-refractivity contribution >= 4 is 10.0 Å². The summed E-state index contributed by atoms with van der Waals surface area (Å²) in [5.74, 6) is 0.701. The Kier molecular flexibility index (Phi) is 4.06. The van der Waals surface area contributed by atoms with Gasteiger partial charge in [-0.3, -0.25) is 0 Å². The third kappa shape index (κ3) is 2.68. The third-order valence-electron chi connectivity index (χ3n) is 4.13. The summed E-state index contributed by atoms with van der Waals surface area (Å²) in [6, 6.07) is 8.72. The predicted octanol–water partition coefficient (Wildman–Crippen LogP) is 3.07. The molecule has 1 saturated heterocycles. The molecule has 0 radical (unpaired) electrons. The monoisotopic (exact) mass is 320 g/mol. The molecule has 0 bridgehead atoms. The molecule has 118 valence electrons. The van der Waals surface area contributed by atoms with Crippen molar-refractivity contribution < 1.29 is 12.9 Å². The van der Waals surface area contributed by atoms with Crippen LogP contribution in [0.1, 0.15) is 42.8 Å². The largest absolute Gasteiger partial charge is 0.361 e. The van der Waals surface area contributed by atoms with Crippen LogP contribution >= 0.6 is 0 Å². The molecule has 22 heavy (non-hydrogen) atoms. The number of benzene rings is 1. The molecule has 1 aromatic carbocycles. The maximum atomic E-state index is 12.9. The van der Waals surface area contributed by atoms with E-state index >= 15 is 0 Å². The normalized spacial score (nSPS) is 19.6. The van der Waals surface area contributed by atoms with Crippen molar-refractivity contribution in [2.75, 3.05) is 6.54 Å². The molecule has 0 aliphatic carbocycles. The van der Waals surface area contributed by atoms with Crippen LogP contribution in [-0.4, -0.2) is 24.4 Å². The lowest BCUT2D eigenvalue weighted by Crippen LogP contribution is -2.30. The van der Waals surface area contributed by atoms with Gasteiger partial charge in [0.2, 0.25) is 10.0 Å². The van der Waals surface area contributed by atoms with E-state index in [4.69, 9.17) is 4.52 Å². The molecular formula is C16H20N2O3S. The van der Waals surface area contributed by atoms with Gasteiger partial charge in [0, 0.05) is 12.6 Å². The minimum Gasteiger partial charge on any atom is -0.361 e. The lowest BCUT2D eigenvalue weighted by atomic mass is 10.1. The van der Waals surface area contributed by atoms with Crippen LogP contribution < -0.4 is 0 Å². The van der Waals surface area contributed by atoms with E-state index in [9.17, 15) is 8.42 Å². The van der Waals surface area contributed by atoms with Gasteiger partial charge >= 0.3 is 0 Å². The van der Waals surface area contributed by atoms with Gasteiger partial charge in [-0.2, -0.15) is 4.31 Å². The molecule has 1 fully saturated rings. The highest BCUT2D eigenvalue weighted by Gasteiger charge is 2.37. The molecule has 1 aromatic heterocycles. The van der Waals surface area contributed by atoms with Crippen LogP contribution in [0.2, 0.25) is 0 Å². The SMILES string of the molecule is CCc1ccc(S(=O)(=O)N2CCC[C@H]2c2cc(C)on2)cc1. The minimum atomic E-state index is -3.50. The number of aromatic nitrogens is 1. The second-order valence-electron chi connectivity index (χ2n) is 5.63. The number of hydrogen-bond acceptors (Lipinski definition) is 4. The van der Waals surface area contributed by atoms with Gasteiger partial charge in [-0.1, -0.05) is 24.2 Å².